The Morgan fingerprint density at radius 3 is 2.53 bits per heavy atom. The van der Waals surface area contributed by atoms with Gasteiger partial charge in [0.05, 0.1) is 10.5 Å². The third kappa shape index (κ3) is 2.38. The summed E-state index contributed by atoms with van der Waals surface area (Å²) in [5.41, 5.74) is -0.0340. The Hall–Kier alpha value is -1.31. The molecule has 0 aromatic heterocycles. The van der Waals surface area contributed by atoms with Gasteiger partial charge in [-0.25, -0.2) is 0 Å². The highest BCUT2D eigenvalue weighted by Crippen LogP contribution is 2.24. The lowest BCUT2D eigenvalue weighted by atomic mass is 10.1. The van der Waals surface area contributed by atoms with Gasteiger partial charge in [0.1, 0.15) is 0 Å². The first-order valence-corrected chi connectivity index (χ1v) is 4.99. The number of ketones is 1. The molecule has 78 valence electrons. The zero-order valence-electron chi connectivity index (χ0n) is 7.69. The lowest BCUT2D eigenvalue weighted by Crippen LogP contribution is -2.02. The number of carbonyl (C=O) groups excluding carboxylic acids is 2. The van der Waals surface area contributed by atoms with E-state index in [4.69, 9.17) is 0 Å². The standard InChI is InChI=1S/C9H6INO4/c1-5(13)7-2-6(4-12)9(11(14)15)3-8(7)10/h2-4H,1H3. The van der Waals surface area contributed by atoms with Crippen molar-refractivity contribution in [3.05, 3.63) is 36.9 Å². The molecule has 0 spiro atoms. The molecular weight excluding hydrogens is 313 g/mol. The highest BCUT2D eigenvalue weighted by atomic mass is 127. The van der Waals surface area contributed by atoms with Crippen LogP contribution >= 0.6 is 22.6 Å². The number of rotatable bonds is 3. The molecule has 0 unspecified atom stereocenters. The highest BCUT2D eigenvalue weighted by molar-refractivity contribution is 14.1. The minimum absolute atomic E-state index is 0.0781. The monoisotopic (exact) mass is 319 g/mol. The van der Waals surface area contributed by atoms with Crippen molar-refractivity contribution in [1.82, 2.24) is 0 Å². The predicted octanol–water partition coefficient (Wildman–Crippen LogP) is 2.21. The molecule has 0 saturated heterocycles. The van der Waals surface area contributed by atoms with Crippen molar-refractivity contribution in [2.75, 3.05) is 0 Å². The second-order valence-electron chi connectivity index (χ2n) is 2.82. The zero-order chi connectivity index (χ0) is 11.6. The largest absolute Gasteiger partial charge is 0.298 e. The van der Waals surface area contributed by atoms with Gasteiger partial charge in [-0.1, -0.05) is 0 Å². The average Bonchev–Trinajstić information content (AvgIpc) is 2.16. The van der Waals surface area contributed by atoms with Gasteiger partial charge in [0.25, 0.3) is 5.69 Å². The van der Waals surface area contributed by atoms with E-state index in [-0.39, 0.29) is 17.0 Å². The SMILES string of the molecule is CC(=O)c1cc(C=O)c([N+](=O)[O-])cc1I. The van der Waals surface area contributed by atoms with E-state index in [1.165, 1.54) is 19.1 Å². The fraction of sp³-hybridized carbons (Fsp3) is 0.111. The maximum absolute atomic E-state index is 11.1. The van der Waals surface area contributed by atoms with Crippen molar-refractivity contribution in [1.29, 1.82) is 0 Å². The van der Waals surface area contributed by atoms with Crippen LogP contribution in [0.5, 0.6) is 0 Å². The number of benzene rings is 1. The van der Waals surface area contributed by atoms with E-state index in [9.17, 15) is 19.7 Å². The van der Waals surface area contributed by atoms with E-state index in [0.29, 0.717) is 15.4 Å². The van der Waals surface area contributed by atoms with E-state index in [1.54, 1.807) is 0 Å². The fourth-order valence-corrected chi connectivity index (χ4v) is 1.93. The minimum Gasteiger partial charge on any atom is -0.298 e. The van der Waals surface area contributed by atoms with E-state index < -0.39 is 4.92 Å². The number of carbonyl (C=O) groups is 2. The van der Waals surface area contributed by atoms with E-state index in [2.05, 4.69) is 0 Å². The summed E-state index contributed by atoms with van der Waals surface area (Å²) >= 11 is 1.83. The Kier molecular flexibility index (Phi) is 3.51. The Morgan fingerprint density at radius 2 is 2.13 bits per heavy atom. The molecule has 0 N–H and O–H groups in total. The number of nitrogens with zero attached hydrogens (tertiary/aromatic N) is 1. The molecule has 0 radical (unpaired) electrons. The number of aldehydes is 1. The van der Waals surface area contributed by atoms with E-state index in [0.717, 1.165) is 0 Å². The maximum Gasteiger partial charge on any atom is 0.280 e. The summed E-state index contributed by atoms with van der Waals surface area (Å²) < 4.78 is 0.470. The number of halogens is 1. The summed E-state index contributed by atoms with van der Waals surface area (Å²) in [5.74, 6) is -0.225. The van der Waals surface area contributed by atoms with Crippen LogP contribution in [-0.2, 0) is 0 Å². The maximum atomic E-state index is 11.1. The predicted molar refractivity (Wildman–Crippen MR) is 61.2 cm³/mol. The number of nitro benzene ring substituents is 1. The second kappa shape index (κ2) is 4.47. The number of hydrogen-bond acceptors (Lipinski definition) is 4. The summed E-state index contributed by atoms with van der Waals surface area (Å²) in [6.45, 7) is 1.35. The van der Waals surface area contributed by atoms with Gasteiger partial charge in [-0.05, 0) is 35.6 Å². The van der Waals surface area contributed by atoms with Crippen LogP contribution in [-0.4, -0.2) is 17.0 Å². The molecule has 15 heavy (non-hydrogen) atoms. The number of Topliss-reactive ketones (excluding diaryl/α,β-unsaturated/α-hetero) is 1. The molecule has 5 nitrogen and oxygen atoms in total. The van der Waals surface area contributed by atoms with Crippen LogP contribution in [0, 0.1) is 13.7 Å². The molecule has 1 aromatic rings. The van der Waals surface area contributed by atoms with Crippen molar-refractivity contribution in [3.8, 4) is 0 Å². The summed E-state index contributed by atoms with van der Waals surface area (Å²) in [5, 5.41) is 10.6. The van der Waals surface area contributed by atoms with Crippen molar-refractivity contribution >= 4 is 40.3 Å². The Labute approximate surface area is 98.8 Å². The molecule has 1 rings (SSSR count). The Balaban J connectivity index is 3.48. The third-order valence-electron chi connectivity index (χ3n) is 1.82. The van der Waals surface area contributed by atoms with Gasteiger partial charge in [0, 0.05) is 15.2 Å². The first kappa shape index (κ1) is 11.8. The molecule has 0 aliphatic rings. The van der Waals surface area contributed by atoms with Gasteiger partial charge in [-0.3, -0.25) is 19.7 Å². The lowest BCUT2D eigenvalue weighted by molar-refractivity contribution is -0.385. The first-order valence-electron chi connectivity index (χ1n) is 3.91. The topological polar surface area (TPSA) is 77.3 Å². The fourth-order valence-electron chi connectivity index (χ4n) is 1.10. The summed E-state index contributed by atoms with van der Waals surface area (Å²) in [7, 11) is 0. The molecule has 0 aliphatic carbocycles. The lowest BCUT2D eigenvalue weighted by Gasteiger charge is -2.02. The van der Waals surface area contributed by atoms with Crippen LogP contribution in [0.1, 0.15) is 27.6 Å². The Morgan fingerprint density at radius 1 is 1.53 bits per heavy atom. The quantitative estimate of drug-likeness (QED) is 0.281. The molecule has 6 heteroatoms. The molecule has 0 atom stereocenters. The van der Waals surface area contributed by atoms with Gasteiger partial charge < -0.3 is 0 Å². The second-order valence-corrected chi connectivity index (χ2v) is 3.98. The molecule has 0 aliphatic heterocycles. The van der Waals surface area contributed by atoms with Crippen LogP contribution in [0.25, 0.3) is 0 Å². The Bertz CT molecular complexity index is 456. The first-order chi connectivity index (χ1) is 6.97. The van der Waals surface area contributed by atoms with Crippen molar-refractivity contribution in [2.24, 2.45) is 0 Å². The average molecular weight is 319 g/mol. The van der Waals surface area contributed by atoms with Crippen LogP contribution in [0.15, 0.2) is 12.1 Å². The third-order valence-corrected chi connectivity index (χ3v) is 2.71. The normalized spacial score (nSPS) is 9.73. The van der Waals surface area contributed by atoms with Crippen LogP contribution < -0.4 is 0 Å². The molecule has 0 saturated carbocycles. The summed E-state index contributed by atoms with van der Waals surface area (Å²) in [4.78, 5) is 31.7. The van der Waals surface area contributed by atoms with Gasteiger partial charge in [0.15, 0.2) is 12.1 Å². The summed E-state index contributed by atoms with van der Waals surface area (Å²) in [6.07, 6.45) is 0.376. The molecule has 0 amide bonds. The van der Waals surface area contributed by atoms with E-state index in [1.807, 2.05) is 22.6 Å². The molecule has 0 fully saturated rings. The van der Waals surface area contributed by atoms with Crippen molar-refractivity contribution in [3.63, 3.8) is 0 Å². The van der Waals surface area contributed by atoms with Gasteiger partial charge in [0.2, 0.25) is 0 Å². The number of nitro groups is 1. The van der Waals surface area contributed by atoms with Gasteiger partial charge >= 0.3 is 0 Å². The summed E-state index contributed by atoms with van der Waals surface area (Å²) in [6, 6.07) is 2.47. The number of hydrogen-bond donors (Lipinski definition) is 0. The van der Waals surface area contributed by atoms with Crippen molar-refractivity contribution in [2.45, 2.75) is 6.92 Å². The highest BCUT2D eigenvalue weighted by Gasteiger charge is 2.18. The minimum atomic E-state index is -0.643. The van der Waals surface area contributed by atoms with E-state index >= 15 is 0 Å². The smallest absolute Gasteiger partial charge is 0.280 e. The van der Waals surface area contributed by atoms with Crippen LogP contribution in [0.2, 0.25) is 0 Å². The molecule has 0 heterocycles. The van der Waals surface area contributed by atoms with Crippen LogP contribution in [0.3, 0.4) is 0 Å². The molecular formula is C9H6INO4. The van der Waals surface area contributed by atoms with Crippen LogP contribution in [0.4, 0.5) is 5.69 Å². The van der Waals surface area contributed by atoms with Crippen molar-refractivity contribution < 1.29 is 14.5 Å². The van der Waals surface area contributed by atoms with Gasteiger partial charge in [-0.2, -0.15) is 0 Å². The molecule has 0 bridgehead atoms. The molecule has 1 aromatic carbocycles. The zero-order valence-corrected chi connectivity index (χ0v) is 9.85. The van der Waals surface area contributed by atoms with Gasteiger partial charge in [-0.15, -0.1) is 0 Å².